The molecule has 0 radical (unpaired) electrons. The predicted molar refractivity (Wildman–Crippen MR) is 64.5 cm³/mol. The third-order valence-electron chi connectivity index (χ3n) is 2.69. The largest absolute Gasteiger partial charge is 0.396 e. The van der Waals surface area contributed by atoms with Crippen molar-refractivity contribution in [3.8, 4) is 0 Å². The van der Waals surface area contributed by atoms with E-state index in [9.17, 15) is 4.79 Å². The Labute approximate surface area is 98.0 Å². The highest BCUT2D eigenvalue weighted by atomic mass is 16.2. The van der Waals surface area contributed by atoms with Crippen molar-refractivity contribution in [1.29, 1.82) is 0 Å². The highest BCUT2D eigenvalue weighted by Crippen LogP contribution is 2.10. The van der Waals surface area contributed by atoms with Crippen LogP contribution in [0.1, 0.15) is 33.1 Å². The van der Waals surface area contributed by atoms with Gasteiger partial charge in [-0.3, -0.25) is 15.1 Å². The van der Waals surface area contributed by atoms with Crippen molar-refractivity contribution >= 4 is 5.91 Å². The minimum atomic E-state index is -0.181. The van der Waals surface area contributed by atoms with Crippen molar-refractivity contribution in [2.45, 2.75) is 39.2 Å². The van der Waals surface area contributed by atoms with Crippen LogP contribution in [0.3, 0.4) is 0 Å². The molecule has 1 unspecified atom stereocenters. The number of nitrogens with two attached hydrogens (primary N) is 1. The van der Waals surface area contributed by atoms with Crippen LogP contribution in [0.4, 0.5) is 0 Å². The fraction of sp³-hybridized carbons (Fsp3) is 0.909. The van der Waals surface area contributed by atoms with Gasteiger partial charge in [0.15, 0.2) is 0 Å². The second kappa shape index (κ2) is 8.50. The summed E-state index contributed by atoms with van der Waals surface area (Å²) in [5, 5.41) is 8.66. The summed E-state index contributed by atoms with van der Waals surface area (Å²) in [4.78, 5) is 13.6. The number of hydrogen-bond donors (Lipinski definition) is 3. The summed E-state index contributed by atoms with van der Waals surface area (Å²) in [7, 11) is 1.93. The lowest BCUT2D eigenvalue weighted by Gasteiger charge is -2.29. The molecule has 0 rings (SSSR count). The van der Waals surface area contributed by atoms with E-state index in [0.29, 0.717) is 0 Å². The van der Waals surface area contributed by atoms with Gasteiger partial charge in [0.2, 0.25) is 0 Å². The van der Waals surface area contributed by atoms with Crippen molar-refractivity contribution in [3.63, 3.8) is 0 Å². The standard InChI is InChI=1S/C11H25N3O2/c1-9(2)10(11(16)13-12)14(3)7-5-4-6-8-15/h9-10,15H,4-8,12H2,1-3H3,(H,13,16). The maximum Gasteiger partial charge on any atom is 0.251 e. The number of likely N-dealkylation sites (N-methyl/N-ethyl adjacent to an activating group) is 1. The normalized spacial score (nSPS) is 13.2. The number of rotatable bonds is 8. The van der Waals surface area contributed by atoms with Crippen LogP contribution in [0.5, 0.6) is 0 Å². The zero-order valence-corrected chi connectivity index (χ0v) is 10.6. The van der Waals surface area contributed by atoms with Crippen LogP contribution in [-0.4, -0.2) is 42.2 Å². The van der Waals surface area contributed by atoms with Crippen LogP contribution in [0.25, 0.3) is 0 Å². The first-order valence-corrected chi connectivity index (χ1v) is 5.86. The molecule has 4 N–H and O–H groups in total. The summed E-state index contributed by atoms with van der Waals surface area (Å²) < 4.78 is 0. The van der Waals surface area contributed by atoms with E-state index in [1.807, 2.05) is 25.8 Å². The minimum Gasteiger partial charge on any atom is -0.396 e. The van der Waals surface area contributed by atoms with Gasteiger partial charge in [-0.2, -0.15) is 0 Å². The molecule has 5 heteroatoms. The summed E-state index contributed by atoms with van der Waals surface area (Å²) in [6.45, 7) is 5.09. The minimum absolute atomic E-state index is 0.139. The predicted octanol–water partition coefficient (Wildman–Crippen LogP) is 0.0953. The van der Waals surface area contributed by atoms with Crippen molar-refractivity contribution in [2.75, 3.05) is 20.2 Å². The number of unbranched alkanes of at least 4 members (excludes halogenated alkanes) is 2. The van der Waals surface area contributed by atoms with Gasteiger partial charge in [-0.05, 0) is 38.8 Å². The molecule has 0 aliphatic heterocycles. The molecule has 0 aromatic rings. The van der Waals surface area contributed by atoms with Gasteiger partial charge in [-0.1, -0.05) is 13.8 Å². The van der Waals surface area contributed by atoms with E-state index < -0.39 is 0 Å². The smallest absolute Gasteiger partial charge is 0.251 e. The summed E-state index contributed by atoms with van der Waals surface area (Å²) in [6.07, 6.45) is 2.79. The van der Waals surface area contributed by atoms with Gasteiger partial charge >= 0.3 is 0 Å². The Balaban J connectivity index is 4.07. The van der Waals surface area contributed by atoms with Gasteiger partial charge in [0.05, 0.1) is 6.04 Å². The van der Waals surface area contributed by atoms with E-state index in [4.69, 9.17) is 10.9 Å². The lowest BCUT2D eigenvalue weighted by atomic mass is 10.0. The molecule has 0 fully saturated rings. The summed E-state index contributed by atoms with van der Waals surface area (Å²) in [6, 6.07) is -0.181. The summed E-state index contributed by atoms with van der Waals surface area (Å²) in [5.41, 5.74) is 2.21. The molecule has 0 saturated carbocycles. The van der Waals surface area contributed by atoms with Crippen LogP contribution >= 0.6 is 0 Å². The van der Waals surface area contributed by atoms with E-state index in [-0.39, 0.29) is 24.5 Å². The molecule has 0 aromatic heterocycles. The number of aliphatic hydroxyl groups excluding tert-OH is 1. The van der Waals surface area contributed by atoms with E-state index >= 15 is 0 Å². The maximum atomic E-state index is 11.6. The third kappa shape index (κ3) is 5.44. The van der Waals surface area contributed by atoms with Crippen LogP contribution in [0, 0.1) is 5.92 Å². The number of amides is 1. The van der Waals surface area contributed by atoms with Crippen LogP contribution in [0.15, 0.2) is 0 Å². The third-order valence-corrected chi connectivity index (χ3v) is 2.69. The number of nitrogens with zero attached hydrogens (tertiary/aromatic N) is 1. The number of nitrogens with one attached hydrogen (secondary N) is 1. The molecular weight excluding hydrogens is 206 g/mol. The Bertz CT molecular complexity index is 198. The maximum absolute atomic E-state index is 11.6. The average Bonchev–Trinajstić information content (AvgIpc) is 2.23. The molecule has 96 valence electrons. The zero-order chi connectivity index (χ0) is 12.6. The SMILES string of the molecule is CC(C)C(C(=O)NN)N(C)CCCCCO. The first-order chi connectivity index (χ1) is 7.54. The van der Waals surface area contributed by atoms with Crippen molar-refractivity contribution in [3.05, 3.63) is 0 Å². The van der Waals surface area contributed by atoms with E-state index in [0.717, 1.165) is 25.8 Å². The van der Waals surface area contributed by atoms with Gasteiger partial charge in [0.25, 0.3) is 5.91 Å². The molecule has 0 aliphatic rings. The molecular formula is C11H25N3O2. The monoisotopic (exact) mass is 231 g/mol. The topological polar surface area (TPSA) is 78.6 Å². The lowest BCUT2D eigenvalue weighted by molar-refractivity contribution is -0.127. The molecule has 0 spiro atoms. The first kappa shape index (κ1) is 15.3. The van der Waals surface area contributed by atoms with Gasteiger partial charge in [-0.15, -0.1) is 0 Å². The summed E-state index contributed by atoms with van der Waals surface area (Å²) >= 11 is 0. The molecule has 0 bridgehead atoms. The fourth-order valence-corrected chi connectivity index (χ4v) is 1.89. The van der Waals surface area contributed by atoms with Gasteiger partial charge in [0, 0.05) is 6.61 Å². The highest BCUT2D eigenvalue weighted by molar-refractivity contribution is 5.81. The Hall–Kier alpha value is -0.650. The van der Waals surface area contributed by atoms with Gasteiger partial charge < -0.3 is 5.11 Å². The molecule has 0 saturated heterocycles. The lowest BCUT2D eigenvalue weighted by Crippen LogP contribution is -2.50. The Kier molecular flexibility index (Phi) is 8.15. The van der Waals surface area contributed by atoms with E-state index in [1.165, 1.54) is 0 Å². The molecule has 16 heavy (non-hydrogen) atoms. The number of carbonyl (C=O) groups excluding carboxylic acids is 1. The second-order valence-electron chi connectivity index (χ2n) is 4.46. The van der Waals surface area contributed by atoms with Gasteiger partial charge in [0.1, 0.15) is 0 Å². The Morgan fingerprint density at radius 3 is 2.44 bits per heavy atom. The van der Waals surface area contributed by atoms with E-state index in [2.05, 4.69) is 5.43 Å². The quantitative estimate of drug-likeness (QED) is 0.239. The van der Waals surface area contributed by atoms with Crippen LogP contribution in [-0.2, 0) is 4.79 Å². The molecule has 0 aliphatic carbocycles. The number of hydrazine groups is 1. The molecule has 1 atom stereocenters. The first-order valence-electron chi connectivity index (χ1n) is 5.86. The Morgan fingerprint density at radius 2 is 2.00 bits per heavy atom. The van der Waals surface area contributed by atoms with Crippen LogP contribution in [0.2, 0.25) is 0 Å². The average molecular weight is 231 g/mol. The molecule has 1 amide bonds. The fourth-order valence-electron chi connectivity index (χ4n) is 1.89. The van der Waals surface area contributed by atoms with Crippen molar-refractivity contribution < 1.29 is 9.90 Å². The number of aliphatic hydroxyl groups is 1. The molecule has 0 heterocycles. The summed E-state index contributed by atoms with van der Waals surface area (Å²) in [5.74, 6) is 5.25. The van der Waals surface area contributed by atoms with Crippen molar-refractivity contribution in [2.24, 2.45) is 11.8 Å². The highest BCUT2D eigenvalue weighted by Gasteiger charge is 2.25. The number of carbonyl (C=O) groups is 1. The molecule has 5 nitrogen and oxygen atoms in total. The van der Waals surface area contributed by atoms with E-state index in [1.54, 1.807) is 0 Å². The molecule has 0 aromatic carbocycles. The van der Waals surface area contributed by atoms with Crippen LogP contribution < -0.4 is 11.3 Å². The van der Waals surface area contributed by atoms with Gasteiger partial charge in [-0.25, -0.2) is 5.84 Å². The zero-order valence-electron chi connectivity index (χ0n) is 10.6. The van der Waals surface area contributed by atoms with Crippen molar-refractivity contribution in [1.82, 2.24) is 10.3 Å². The Morgan fingerprint density at radius 1 is 1.38 bits per heavy atom. The second-order valence-corrected chi connectivity index (χ2v) is 4.46. The number of hydrogen-bond acceptors (Lipinski definition) is 4.